The highest BCUT2D eigenvalue weighted by molar-refractivity contribution is 7.86. The Balaban J connectivity index is 3.12. The minimum atomic E-state index is -4.10. The molecule has 15 heavy (non-hydrogen) atoms. The van der Waals surface area contributed by atoms with E-state index >= 15 is 0 Å². The minimum absolute atomic E-state index is 0.285. The van der Waals surface area contributed by atoms with E-state index in [4.69, 9.17) is 4.55 Å². The normalized spacial score (nSPS) is 13.7. The predicted molar refractivity (Wildman–Crippen MR) is 57.0 cm³/mol. The van der Waals surface area contributed by atoms with Gasteiger partial charge in [-0.15, -0.1) is 6.58 Å². The Labute approximate surface area is 89.2 Å². The Bertz CT molecular complexity index is 436. The molecule has 0 bridgehead atoms. The molecule has 1 N–H and O–H groups in total. The molecule has 0 aromatic carbocycles. The number of hydrogen-bond acceptors (Lipinski definition) is 3. The monoisotopic (exact) mass is 230 g/mol. The zero-order valence-electron chi connectivity index (χ0n) is 8.50. The maximum atomic E-state index is 11.1. The van der Waals surface area contributed by atoms with Gasteiger partial charge in [-0.05, 0) is 6.42 Å². The van der Waals surface area contributed by atoms with Crippen LogP contribution in [0.3, 0.4) is 0 Å². The molecule has 0 saturated carbocycles. The van der Waals surface area contributed by atoms with Gasteiger partial charge in [0.05, 0.1) is 0 Å². The fourth-order valence-electron chi connectivity index (χ4n) is 1.43. The van der Waals surface area contributed by atoms with Crippen LogP contribution < -0.4 is 0 Å². The SMILES string of the molecule is C=CCn1ccnc1C(CC)S(=O)(=O)O. The van der Waals surface area contributed by atoms with Crippen molar-refractivity contribution in [3.05, 3.63) is 30.9 Å². The van der Waals surface area contributed by atoms with Crippen molar-refractivity contribution in [1.82, 2.24) is 9.55 Å². The van der Waals surface area contributed by atoms with Crippen molar-refractivity contribution in [2.75, 3.05) is 0 Å². The van der Waals surface area contributed by atoms with Crippen LogP contribution in [0.1, 0.15) is 24.4 Å². The van der Waals surface area contributed by atoms with Crippen molar-refractivity contribution < 1.29 is 13.0 Å². The van der Waals surface area contributed by atoms with Crippen LogP contribution >= 0.6 is 0 Å². The van der Waals surface area contributed by atoms with E-state index in [9.17, 15) is 8.42 Å². The Hall–Kier alpha value is -1.14. The van der Waals surface area contributed by atoms with Gasteiger partial charge < -0.3 is 4.57 Å². The number of aromatic nitrogens is 2. The van der Waals surface area contributed by atoms with E-state index < -0.39 is 15.4 Å². The van der Waals surface area contributed by atoms with Gasteiger partial charge in [0.1, 0.15) is 11.1 Å². The molecule has 1 aromatic heterocycles. The number of imidazole rings is 1. The van der Waals surface area contributed by atoms with Crippen molar-refractivity contribution in [1.29, 1.82) is 0 Å². The van der Waals surface area contributed by atoms with Crippen molar-refractivity contribution in [3.63, 3.8) is 0 Å². The Morgan fingerprint density at radius 2 is 2.40 bits per heavy atom. The van der Waals surface area contributed by atoms with Crippen LogP contribution in [0.5, 0.6) is 0 Å². The first kappa shape index (κ1) is 11.9. The summed E-state index contributed by atoms with van der Waals surface area (Å²) in [4.78, 5) is 3.95. The quantitative estimate of drug-likeness (QED) is 0.613. The van der Waals surface area contributed by atoms with E-state index in [1.165, 1.54) is 6.20 Å². The zero-order chi connectivity index (χ0) is 11.5. The van der Waals surface area contributed by atoms with Crippen LogP contribution in [0.15, 0.2) is 25.0 Å². The molecule has 1 unspecified atom stereocenters. The Kier molecular flexibility index (Phi) is 3.65. The van der Waals surface area contributed by atoms with Gasteiger partial charge in [0.2, 0.25) is 0 Å². The third-order valence-corrected chi connectivity index (χ3v) is 3.36. The smallest absolute Gasteiger partial charge is 0.275 e. The topological polar surface area (TPSA) is 72.2 Å². The molecular weight excluding hydrogens is 216 g/mol. The number of allylic oxidation sites excluding steroid dienone is 1. The van der Waals surface area contributed by atoms with E-state index in [1.54, 1.807) is 23.8 Å². The van der Waals surface area contributed by atoms with Crippen LogP contribution in [0, 0.1) is 0 Å². The van der Waals surface area contributed by atoms with Crippen LogP contribution in [0.4, 0.5) is 0 Å². The first-order valence-electron chi connectivity index (χ1n) is 4.59. The minimum Gasteiger partial charge on any atom is -0.330 e. The number of hydrogen-bond donors (Lipinski definition) is 1. The van der Waals surface area contributed by atoms with Crippen molar-refractivity contribution >= 4 is 10.1 Å². The molecular formula is C9H14N2O3S. The van der Waals surface area contributed by atoms with Crippen LogP contribution in [-0.4, -0.2) is 22.5 Å². The molecule has 0 aliphatic rings. The summed E-state index contributed by atoms with van der Waals surface area (Å²) in [5, 5.41) is -0.965. The highest BCUT2D eigenvalue weighted by Crippen LogP contribution is 2.23. The molecule has 84 valence electrons. The molecule has 1 heterocycles. The summed E-state index contributed by atoms with van der Waals surface area (Å²) < 4.78 is 32.9. The van der Waals surface area contributed by atoms with E-state index in [0.717, 1.165) is 0 Å². The Morgan fingerprint density at radius 3 is 2.87 bits per heavy atom. The van der Waals surface area contributed by atoms with Crippen LogP contribution in [-0.2, 0) is 16.7 Å². The lowest BCUT2D eigenvalue weighted by Gasteiger charge is -2.12. The van der Waals surface area contributed by atoms with Gasteiger partial charge in [0.15, 0.2) is 0 Å². The van der Waals surface area contributed by atoms with E-state index in [2.05, 4.69) is 11.6 Å². The van der Waals surface area contributed by atoms with Gasteiger partial charge in [-0.3, -0.25) is 4.55 Å². The average molecular weight is 230 g/mol. The van der Waals surface area contributed by atoms with Gasteiger partial charge in [0, 0.05) is 18.9 Å². The number of nitrogens with zero attached hydrogens (tertiary/aromatic N) is 2. The fourth-order valence-corrected chi connectivity index (χ4v) is 2.31. The van der Waals surface area contributed by atoms with Crippen LogP contribution in [0.2, 0.25) is 0 Å². The molecule has 0 aliphatic heterocycles. The summed E-state index contributed by atoms with van der Waals surface area (Å²) in [6.45, 7) is 5.72. The molecule has 0 radical (unpaired) electrons. The molecule has 0 fully saturated rings. The summed E-state index contributed by atoms with van der Waals surface area (Å²) >= 11 is 0. The van der Waals surface area contributed by atoms with Crippen LogP contribution in [0.25, 0.3) is 0 Å². The summed E-state index contributed by atoms with van der Waals surface area (Å²) in [7, 11) is -4.10. The lowest BCUT2D eigenvalue weighted by Crippen LogP contribution is -2.16. The zero-order valence-corrected chi connectivity index (χ0v) is 9.31. The maximum Gasteiger partial charge on any atom is 0.275 e. The van der Waals surface area contributed by atoms with Gasteiger partial charge in [0.25, 0.3) is 10.1 Å². The van der Waals surface area contributed by atoms with Crippen molar-refractivity contribution in [2.24, 2.45) is 0 Å². The predicted octanol–water partition coefficient (Wildman–Crippen LogP) is 1.41. The largest absolute Gasteiger partial charge is 0.330 e. The van der Waals surface area contributed by atoms with Crippen molar-refractivity contribution in [3.8, 4) is 0 Å². The molecule has 5 nitrogen and oxygen atoms in total. The third kappa shape index (κ3) is 2.66. The van der Waals surface area contributed by atoms with E-state index in [-0.39, 0.29) is 6.42 Å². The number of rotatable bonds is 5. The summed E-state index contributed by atoms with van der Waals surface area (Å²) in [5.41, 5.74) is 0. The van der Waals surface area contributed by atoms with Gasteiger partial charge in [-0.1, -0.05) is 13.0 Å². The first-order chi connectivity index (χ1) is 7.00. The van der Waals surface area contributed by atoms with Crippen molar-refractivity contribution in [2.45, 2.75) is 25.1 Å². The maximum absolute atomic E-state index is 11.1. The second kappa shape index (κ2) is 4.59. The van der Waals surface area contributed by atoms with E-state index in [0.29, 0.717) is 12.4 Å². The standard InChI is InChI=1S/C9H14N2O3S/c1-3-6-11-7-5-10-9(11)8(4-2)15(12,13)14/h3,5,7-8H,1,4,6H2,2H3,(H,12,13,14). The van der Waals surface area contributed by atoms with E-state index in [1.807, 2.05) is 0 Å². The highest BCUT2D eigenvalue weighted by Gasteiger charge is 2.26. The molecule has 0 spiro atoms. The Morgan fingerprint density at radius 1 is 1.73 bits per heavy atom. The average Bonchev–Trinajstić information content (AvgIpc) is 2.53. The molecule has 0 saturated heterocycles. The molecule has 1 rings (SSSR count). The molecule has 0 amide bonds. The molecule has 6 heteroatoms. The van der Waals surface area contributed by atoms with Gasteiger partial charge >= 0.3 is 0 Å². The third-order valence-electron chi connectivity index (χ3n) is 2.09. The fraction of sp³-hybridized carbons (Fsp3) is 0.444. The second-order valence-corrected chi connectivity index (χ2v) is 4.74. The summed E-state index contributed by atoms with van der Waals surface area (Å²) in [6.07, 6.45) is 5.09. The molecule has 1 atom stereocenters. The lowest BCUT2D eigenvalue weighted by atomic mass is 10.3. The lowest BCUT2D eigenvalue weighted by molar-refractivity contribution is 0.460. The summed E-state index contributed by atoms with van der Waals surface area (Å²) in [6, 6.07) is 0. The molecule has 1 aromatic rings. The second-order valence-electron chi connectivity index (χ2n) is 3.14. The summed E-state index contributed by atoms with van der Waals surface area (Å²) in [5.74, 6) is 0.347. The van der Waals surface area contributed by atoms with Gasteiger partial charge in [-0.25, -0.2) is 4.98 Å². The highest BCUT2D eigenvalue weighted by atomic mass is 32.2. The molecule has 0 aliphatic carbocycles. The first-order valence-corrected chi connectivity index (χ1v) is 6.09. The van der Waals surface area contributed by atoms with Gasteiger partial charge in [-0.2, -0.15) is 8.42 Å².